The molecule has 2 aliphatic rings. The van der Waals surface area contributed by atoms with E-state index < -0.39 is 0 Å². The van der Waals surface area contributed by atoms with Gasteiger partial charge >= 0.3 is 0 Å². The Morgan fingerprint density at radius 1 is 1.12 bits per heavy atom. The lowest BCUT2D eigenvalue weighted by Crippen LogP contribution is -2.44. The van der Waals surface area contributed by atoms with Gasteiger partial charge in [-0.1, -0.05) is 39.3 Å². The molecule has 3 rings (SSSR count). The summed E-state index contributed by atoms with van der Waals surface area (Å²) >= 11 is 0. The van der Waals surface area contributed by atoms with Gasteiger partial charge in [0.25, 0.3) is 5.91 Å². The molecule has 0 saturated heterocycles. The molecule has 0 aromatic heterocycles. The first-order chi connectivity index (χ1) is 12.2. The maximum absolute atomic E-state index is 12.3. The molecule has 4 heteroatoms. The maximum Gasteiger partial charge on any atom is 0.251 e. The van der Waals surface area contributed by atoms with Gasteiger partial charge in [-0.15, -0.1) is 0 Å². The molecule has 2 aliphatic carbocycles. The molecular formula is C22H32N2O2. The third kappa shape index (κ3) is 4.28. The lowest BCUT2D eigenvalue weighted by Gasteiger charge is -2.28. The van der Waals surface area contributed by atoms with Gasteiger partial charge in [-0.3, -0.25) is 9.59 Å². The molecule has 4 unspecified atom stereocenters. The summed E-state index contributed by atoms with van der Waals surface area (Å²) in [6, 6.07) is 7.80. The molecular weight excluding hydrogens is 324 g/mol. The molecule has 0 radical (unpaired) electrons. The first kappa shape index (κ1) is 18.9. The topological polar surface area (TPSA) is 58.2 Å². The first-order valence-corrected chi connectivity index (χ1v) is 9.92. The van der Waals surface area contributed by atoms with Gasteiger partial charge in [0, 0.05) is 11.6 Å². The fourth-order valence-corrected chi connectivity index (χ4v) is 4.70. The van der Waals surface area contributed by atoms with E-state index in [4.69, 9.17) is 0 Å². The van der Waals surface area contributed by atoms with E-state index in [2.05, 4.69) is 38.3 Å². The van der Waals surface area contributed by atoms with Crippen LogP contribution in [0.15, 0.2) is 24.3 Å². The molecule has 26 heavy (non-hydrogen) atoms. The maximum atomic E-state index is 12.3. The van der Waals surface area contributed by atoms with Crippen molar-refractivity contribution in [2.24, 2.45) is 17.8 Å². The molecule has 4 nitrogen and oxygen atoms in total. The lowest BCUT2D eigenvalue weighted by molar-refractivity contribution is -0.121. The number of carbonyl (C=O) groups is 2. The Labute approximate surface area is 157 Å². The summed E-state index contributed by atoms with van der Waals surface area (Å²) < 4.78 is 0. The van der Waals surface area contributed by atoms with Crippen molar-refractivity contribution in [3.05, 3.63) is 35.4 Å². The SMILES string of the molecule is CC(NC(=O)CNC(=O)c1ccc(C(C)(C)C)cc1)C1CC2CCC1C2. The number of benzene rings is 1. The molecule has 4 atom stereocenters. The molecule has 0 aliphatic heterocycles. The van der Waals surface area contributed by atoms with Crippen LogP contribution in [-0.2, 0) is 10.2 Å². The average molecular weight is 357 g/mol. The van der Waals surface area contributed by atoms with Crippen molar-refractivity contribution in [3.8, 4) is 0 Å². The Bertz CT molecular complexity index is 660. The van der Waals surface area contributed by atoms with E-state index in [-0.39, 0.29) is 29.8 Å². The number of carbonyl (C=O) groups excluding carboxylic acids is 2. The van der Waals surface area contributed by atoms with Gasteiger partial charge in [-0.05, 0) is 67.1 Å². The predicted molar refractivity (Wildman–Crippen MR) is 104 cm³/mol. The predicted octanol–water partition coefficient (Wildman–Crippen LogP) is 3.65. The smallest absolute Gasteiger partial charge is 0.251 e. The quantitative estimate of drug-likeness (QED) is 0.846. The molecule has 0 spiro atoms. The summed E-state index contributed by atoms with van der Waals surface area (Å²) in [5.41, 5.74) is 1.84. The second-order valence-electron chi connectivity index (χ2n) is 9.20. The molecule has 0 heterocycles. The standard InChI is InChI=1S/C22H32N2O2/c1-14(19-12-15-5-6-17(19)11-15)24-20(25)13-23-21(26)16-7-9-18(10-8-16)22(2,3)4/h7-10,14-15,17,19H,5-6,11-13H2,1-4H3,(H,23,26)(H,24,25). The molecule has 2 amide bonds. The van der Waals surface area contributed by atoms with Gasteiger partial charge in [0.1, 0.15) is 0 Å². The van der Waals surface area contributed by atoms with E-state index in [1.807, 2.05) is 24.3 Å². The van der Waals surface area contributed by atoms with E-state index in [1.165, 1.54) is 31.2 Å². The highest BCUT2D eigenvalue weighted by atomic mass is 16.2. The largest absolute Gasteiger partial charge is 0.352 e. The number of rotatable bonds is 5. The number of nitrogens with one attached hydrogen (secondary N) is 2. The average Bonchev–Trinajstić information content (AvgIpc) is 3.22. The molecule has 2 bridgehead atoms. The number of hydrogen-bond donors (Lipinski definition) is 2. The van der Waals surface area contributed by atoms with Gasteiger partial charge in [0.2, 0.25) is 5.91 Å². The summed E-state index contributed by atoms with van der Waals surface area (Å²) in [4.78, 5) is 24.5. The normalized spacial score (nSPS) is 25.8. The van der Waals surface area contributed by atoms with Crippen molar-refractivity contribution in [1.29, 1.82) is 0 Å². The van der Waals surface area contributed by atoms with Crippen molar-refractivity contribution in [2.45, 2.75) is 64.8 Å². The first-order valence-electron chi connectivity index (χ1n) is 9.92. The minimum absolute atomic E-state index is 0.0327. The van der Waals surface area contributed by atoms with Crippen molar-refractivity contribution in [3.63, 3.8) is 0 Å². The minimum Gasteiger partial charge on any atom is -0.352 e. The highest BCUT2D eigenvalue weighted by Crippen LogP contribution is 2.49. The van der Waals surface area contributed by atoms with Crippen LogP contribution in [0.4, 0.5) is 0 Å². The van der Waals surface area contributed by atoms with Gasteiger partial charge < -0.3 is 10.6 Å². The molecule has 1 aromatic rings. The Kier molecular flexibility index (Phi) is 5.40. The molecule has 142 valence electrons. The zero-order valence-corrected chi connectivity index (χ0v) is 16.5. The van der Waals surface area contributed by atoms with Crippen LogP contribution in [0.25, 0.3) is 0 Å². The monoisotopic (exact) mass is 356 g/mol. The Hall–Kier alpha value is -1.84. The van der Waals surface area contributed by atoms with Crippen LogP contribution in [0.2, 0.25) is 0 Å². The second-order valence-corrected chi connectivity index (χ2v) is 9.20. The number of hydrogen-bond acceptors (Lipinski definition) is 2. The number of amides is 2. The van der Waals surface area contributed by atoms with Crippen LogP contribution in [-0.4, -0.2) is 24.4 Å². The summed E-state index contributed by atoms with van der Waals surface area (Å²) in [5.74, 6) is 1.97. The van der Waals surface area contributed by atoms with Crippen LogP contribution in [0.5, 0.6) is 0 Å². The van der Waals surface area contributed by atoms with Crippen molar-refractivity contribution < 1.29 is 9.59 Å². The molecule has 2 fully saturated rings. The van der Waals surface area contributed by atoms with Crippen LogP contribution in [0.1, 0.15) is 69.3 Å². The van der Waals surface area contributed by atoms with Crippen LogP contribution in [0.3, 0.4) is 0 Å². The van der Waals surface area contributed by atoms with E-state index >= 15 is 0 Å². The third-order valence-electron chi connectivity index (χ3n) is 6.25. The van der Waals surface area contributed by atoms with Crippen LogP contribution < -0.4 is 10.6 Å². The van der Waals surface area contributed by atoms with Crippen LogP contribution in [0, 0.1) is 17.8 Å². The molecule has 1 aromatic carbocycles. The summed E-state index contributed by atoms with van der Waals surface area (Å²) in [7, 11) is 0. The fourth-order valence-electron chi connectivity index (χ4n) is 4.70. The molecule has 2 saturated carbocycles. The lowest BCUT2D eigenvalue weighted by atomic mass is 9.84. The highest BCUT2D eigenvalue weighted by Gasteiger charge is 2.42. The molecule has 2 N–H and O–H groups in total. The zero-order chi connectivity index (χ0) is 18.9. The summed E-state index contributed by atoms with van der Waals surface area (Å²) in [6.07, 6.45) is 5.27. The third-order valence-corrected chi connectivity index (χ3v) is 6.25. The van der Waals surface area contributed by atoms with E-state index in [0.29, 0.717) is 11.5 Å². The van der Waals surface area contributed by atoms with Gasteiger partial charge in [0.15, 0.2) is 0 Å². The Balaban J connectivity index is 1.46. The van der Waals surface area contributed by atoms with E-state index in [0.717, 1.165) is 11.8 Å². The van der Waals surface area contributed by atoms with Gasteiger partial charge in [-0.2, -0.15) is 0 Å². The van der Waals surface area contributed by atoms with Crippen LogP contribution >= 0.6 is 0 Å². The Morgan fingerprint density at radius 3 is 2.35 bits per heavy atom. The second kappa shape index (κ2) is 7.42. The van der Waals surface area contributed by atoms with Crippen molar-refractivity contribution in [1.82, 2.24) is 10.6 Å². The summed E-state index contributed by atoms with van der Waals surface area (Å²) in [5, 5.41) is 5.82. The summed E-state index contributed by atoms with van der Waals surface area (Å²) in [6.45, 7) is 8.57. The Morgan fingerprint density at radius 2 is 1.81 bits per heavy atom. The highest BCUT2D eigenvalue weighted by molar-refractivity contribution is 5.96. The number of fused-ring (bicyclic) bond motifs is 2. The van der Waals surface area contributed by atoms with Gasteiger partial charge in [-0.25, -0.2) is 0 Å². The van der Waals surface area contributed by atoms with E-state index in [9.17, 15) is 9.59 Å². The minimum atomic E-state index is -0.201. The fraction of sp³-hybridized carbons (Fsp3) is 0.636. The van der Waals surface area contributed by atoms with Crippen molar-refractivity contribution >= 4 is 11.8 Å². The van der Waals surface area contributed by atoms with Gasteiger partial charge in [0.05, 0.1) is 6.54 Å². The van der Waals surface area contributed by atoms with Crippen molar-refractivity contribution in [2.75, 3.05) is 6.54 Å². The van der Waals surface area contributed by atoms with E-state index in [1.54, 1.807) is 0 Å². The zero-order valence-electron chi connectivity index (χ0n) is 16.5.